The van der Waals surface area contributed by atoms with Gasteiger partial charge in [-0.15, -0.1) is 0 Å². The Balaban J connectivity index is 2.37. The Labute approximate surface area is 81.9 Å². The van der Waals surface area contributed by atoms with Gasteiger partial charge in [-0.1, -0.05) is 6.42 Å². The van der Waals surface area contributed by atoms with Crippen molar-refractivity contribution >= 4 is 0 Å². The quantitative estimate of drug-likeness (QED) is 0.658. The van der Waals surface area contributed by atoms with E-state index in [-0.39, 0.29) is 6.61 Å². The molecule has 0 saturated carbocycles. The molecule has 1 unspecified atom stereocenters. The highest BCUT2D eigenvalue weighted by Crippen LogP contribution is 2.22. The van der Waals surface area contributed by atoms with Crippen LogP contribution in [0, 0.1) is 0 Å². The van der Waals surface area contributed by atoms with Crippen LogP contribution >= 0.6 is 0 Å². The first-order valence-electron chi connectivity index (χ1n) is 5.59. The summed E-state index contributed by atoms with van der Waals surface area (Å²) in [4.78, 5) is 2.57. The third kappa shape index (κ3) is 3.28. The van der Waals surface area contributed by atoms with E-state index in [1.54, 1.807) is 0 Å². The van der Waals surface area contributed by atoms with E-state index in [1.807, 2.05) is 0 Å². The molecule has 0 aliphatic carbocycles. The third-order valence-corrected chi connectivity index (χ3v) is 3.02. The molecule has 0 N–H and O–H groups in total. The van der Waals surface area contributed by atoms with Crippen LogP contribution in [0.5, 0.6) is 0 Å². The molecule has 1 atom stereocenters. The van der Waals surface area contributed by atoms with Crippen LogP contribution in [0.2, 0.25) is 0 Å². The van der Waals surface area contributed by atoms with Crippen molar-refractivity contribution in [2.75, 3.05) is 13.2 Å². The molecule has 0 spiro atoms. The summed E-state index contributed by atoms with van der Waals surface area (Å²) in [6.45, 7) is 5.86. The maximum Gasteiger partial charge on any atom is 0.0822 e. The molecule has 1 fully saturated rings. The predicted octanol–water partition coefficient (Wildman–Crippen LogP) is 2.46. The van der Waals surface area contributed by atoms with E-state index in [0.29, 0.717) is 12.1 Å². The lowest BCUT2D eigenvalue weighted by Crippen LogP contribution is -2.43. The summed E-state index contributed by atoms with van der Waals surface area (Å²) in [5.41, 5.74) is 0. The van der Waals surface area contributed by atoms with Gasteiger partial charge in [0.25, 0.3) is 0 Å². The van der Waals surface area contributed by atoms with Crippen molar-refractivity contribution < 1.29 is 5.11 Å². The van der Waals surface area contributed by atoms with Gasteiger partial charge in [0.15, 0.2) is 0 Å². The maximum atomic E-state index is 10.4. The van der Waals surface area contributed by atoms with Crippen LogP contribution < -0.4 is 0 Å². The first-order chi connectivity index (χ1) is 6.25. The maximum absolute atomic E-state index is 10.4. The fourth-order valence-corrected chi connectivity index (χ4v) is 2.33. The molecule has 1 heterocycles. The molecule has 1 rings (SSSR count). The predicted molar refractivity (Wildman–Crippen MR) is 54.3 cm³/mol. The van der Waals surface area contributed by atoms with E-state index in [0.717, 1.165) is 12.8 Å². The Hall–Kier alpha value is -0.0800. The van der Waals surface area contributed by atoms with E-state index in [1.165, 1.54) is 25.8 Å². The van der Waals surface area contributed by atoms with E-state index < -0.39 is 0 Å². The highest BCUT2D eigenvalue weighted by atomic mass is 16.2. The number of rotatable bonds is 4. The summed E-state index contributed by atoms with van der Waals surface area (Å²) in [7, 11) is 0. The number of nitrogens with zero attached hydrogens (tertiary/aromatic N) is 1. The van der Waals surface area contributed by atoms with E-state index in [4.69, 9.17) is 0 Å². The Morgan fingerprint density at radius 1 is 1.38 bits per heavy atom. The minimum Gasteiger partial charge on any atom is -0.298 e. The average molecular weight is 184 g/mol. The molecule has 2 heteroatoms. The molecule has 77 valence electrons. The molecule has 1 saturated heterocycles. The van der Waals surface area contributed by atoms with Gasteiger partial charge in [-0.3, -0.25) is 4.90 Å². The van der Waals surface area contributed by atoms with Gasteiger partial charge in [0.05, 0.1) is 6.61 Å². The number of hydrogen-bond acceptors (Lipinski definition) is 1. The highest BCUT2D eigenvalue weighted by molar-refractivity contribution is 4.78. The monoisotopic (exact) mass is 184 g/mol. The Morgan fingerprint density at radius 2 is 2.15 bits per heavy atom. The zero-order valence-corrected chi connectivity index (χ0v) is 8.96. The molecule has 0 bridgehead atoms. The van der Waals surface area contributed by atoms with Crippen LogP contribution in [0.15, 0.2) is 0 Å². The zero-order chi connectivity index (χ0) is 9.68. The number of piperidine rings is 1. The normalized spacial score (nSPS) is 25.4. The molecular formula is C11H22NO. The minimum absolute atomic E-state index is 0.0996. The van der Waals surface area contributed by atoms with Crippen molar-refractivity contribution in [3.8, 4) is 0 Å². The molecule has 13 heavy (non-hydrogen) atoms. The SMILES string of the molecule is CC(C)N1CCCCC1CCC[O]. The van der Waals surface area contributed by atoms with Crippen molar-refractivity contribution in [2.45, 2.75) is 58.0 Å². The molecule has 0 amide bonds. The summed E-state index contributed by atoms with van der Waals surface area (Å²) in [5, 5.41) is 10.4. The standard InChI is InChI=1S/C11H22NO/c1-10(2)12-8-4-3-6-11(12)7-5-9-13/h10-11H,3-9H2,1-2H3. The van der Waals surface area contributed by atoms with Gasteiger partial charge < -0.3 is 0 Å². The van der Waals surface area contributed by atoms with E-state index >= 15 is 0 Å². The molecule has 0 aromatic rings. The summed E-state index contributed by atoms with van der Waals surface area (Å²) < 4.78 is 0. The number of hydrogen-bond donors (Lipinski definition) is 0. The number of likely N-dealkylation sites (tertiary alicyclic amines) is 1. The Kier molecular flexibility index (Phi) is 4.74. The van der Waals surface area contributed by atoms with Crippen molar-refractivity contribution in [2.24, 2.45) is 0 Å². The summed E-state index contributed by atoms with van der Waals surface area (Å²) >= 11 is 0. The van der Waals surface area contributed by atoms with Gasteiger partial charge >= 0.3 is 0 Å². The Bertz CT molecular complexity index is 136. The first-order valence-corrected chi connectivity index (χ1v) is 5.59. The van der Waals surface area contributed by atoms with Crippen LogP contribution in [-0.4, -0.2) is 30.1 Å². The average Bonchev–Trinajstić information content (AvgIpc) is 2.15. The fraction of sp³-hybridized carbons (Fsp3) is 1.00. The lowest BCUT2D eigenvalue weighted by Gasteiger charge is -2.38. The van der Waals surface area contributed by atoms with Gasteiger partial charge in [-0.2, -0.15) is 0 Å². The molecule has 2 nitrogen and oxygen atoms in total. The van der Waals surface area contributed by atoms with Gasteiger partial charge in [0, 0.05) is 12.1 Å². The second kappa shape index (κ2) is 5.61. The van der Waals surface area contributed by atoms with Gasteiger partial charge in [-0.25, -0.2) is 5.11 Å². The van der Waals surface area contributed by atoms with Gasteiger partial charge in [-0.05, 0) is 46.1 Å². The van der Waals surface area contributed by atoms with Crippen molar-refractivity contribution in [1.82, 2.24) is 4.90 Å². The largest absolute Gasteiger partial charge is 0.298 e. The van der Waals surface area contributed by atoms with Crippen LogP contribution in [0.3, 0.4) is 0 Å². The second-order valence-electron chi connectivity index (χ2n) is 4.33. The topological polar surface area (TPSA) is 23.1 Å². The zero-order valence-electron chi connectivity index (χ0n) is 8.96. The van der Waals surface area contributed by atoms with Crippen molar-refractivity contribution in [3.05, 3.63) is 0 Å². The first kappa shape index (κ1) is 11.0. The Morgan fingerprint density at radius 3 is 2.77 bits per heavy atom. The molecule has 0 aromatic carbocycles. The molecule has 1 aliphatic rings. The fourth-order valence-electron chi connectivity index (χ4n) is 2.33. The van der Waals surface area contributed by atoms with Crippen LogP contribution in [0.25, 0.3) is 0 Å². The van der Waals surface area contributed by atoms with Crippen LogP contribution in [0.4, 0.5) is 0 Å². The van der Waals surface area contributed by atoms with Gasteiger partial charge in [0.2, 0.25) is 0 Å². The van der Waals surface area contributed by atoms with Crippen LogP contribution in [-0.2, 0) is 5.11 Å². The minimum atomic E-state index is 0.0996. The molecular weight excluding hydrogens is 162 g/mol. The van der Waals surface area contributed by atoms with Crippen molar-refractivity contribution in [3.63, 3.8) is 0 Å². The summed E-state index contributed by atoms with van der Waals surface area (Å²) in [5.74, 6) is 0. The lowest BCUT2D eigenvalue weighted by molar-refractivity contribution is 0.0929. The summed E-state index contributed by atoms with van der Waals surface area (Å²) in [6.07, 6.45) is 5.96. The molecule has 0 aromatic heterocycles. The molecule has 1 radical (unpaired) electrons. The van der Waals surface area contributed by atoms with Gasteiger partial charge in [0.1, 0.15) is 0 Å². The lowest BCUT2D eigenvalue weighted by atomic mass is 9.97. The second-order valence-corrected chi connectivity index (χ2v) is 4.33. The summed E-state index contributed by atoms with van der Waals surface area (Å²) in [6, 6.07) is 1.35. The van der Waals surface area contributed by atoms with Crippen molar-refractivity contribution in [1.29, 1.82) is 0 Å². The highest BCUT2D eigenvalue weighted by Gasteiger charge is 2.23. The van der Waals surface area contributed by atoms with Crippen LogP contribution in [0.1, 0.15) is 46.0 Å². The van der Waals surface area contributed by atoms with E-state index in [2.05, 4.69) is 18.7 Å². The van der Waals surface area contributed by atoms with E-state index in [9.17, 15) is 5.11 Å². The molecule has 1 aliphatic heterocycles. The smallest absolute Gasteiger partial charge is 0.0822 e. The third-order valence-electron chi connectivity index (χ3n) is 3.02.